The second-order valence-corrected chi connectivity index (χ2v) is 5.01. The van der Waals surface area contributed by atoms with Gasteiger partial charge >= 0.3 is 0 Å². The van der Waals surface area contributed by atoms with E-state index in [9.17, 15) is 4.79 Å². The fourth-order valence-corrected chi connectivity index (χ4v) is 1.96. The number of carbonyl (C=O) groups excluding carboxylic acids is 1. The van der Waals surface area contributed by atoms with E-state index in [1.54, 1.807) is 0 Å². The Bertz CT molecular complexity index is 444. The first kappa shape index (κ1) is 16.5. The van der Waals surface area contributed by atoms with Gasteiger partial charge in [0.15, 0.2) is 0 Å². The Morgan fingerprint density at radius 3 is 2.65 bits per heavy atom. The standard InChI is InChI=1S/C16H26N2O2/c1-5-17-7-8-18-16(19)6-9-20-15-11-12(2)10-13(3)14(15)4/h10-11,17H,5-9H2,1-4H3,(H,18,19). The van der Waals surface area contributed by atoms with Crippen LogP contribution in [0.1, 0.15) is 30.0 Å². The summed E-state index contributed by atoms with van der Waals surface area (Å²) in [6, 6.07) is 4.15. The van der Waals surface area contributed by atoms with E-state index in [-0.39, 0.29) is 5.91 Å². The van der Waals surface area contributed by atoms with Gasteiger partial charge in [0.05, 0.1) is 13.0 Å². The average Bonchev–Trinajstić information content (AvgIpc) is 2.40. The average molecular weight is 278 g/mol. The molecule has 0 aliphatic rings. The van der Waals surface area contributed by atoms with Crippen LogP contribution >= 0.6 is 0 Å². The van der Waals surface area contributed by atoms with E-state index in [2.05, 4.69) is 23.6 Å². The number of likely N-dealkylation sites (N-methyl/N-ethyl adjacent to an activating group) is 1. The van der Waals surface area contributed by atoms with Crippen LogP contribution in [0, 0.1) is 20.8 Å². The lowest BCUT2D eigenvalue weighted by Crippen LogP contribution is -2.32. The fourth-order valence-electron chi connectivity index (χ4n) is 1.96. The predicted octanol–water partition coefficient (Wildman–Crippen LogP) is 2.11. The molecule has 1 rings (SSSR count). The van der Waals surface area contributed by atoms with Crippen molar-refractivity contribution in [3.8, 4) is 5.75 Å². The minimum absolute atomic E-state index is 0.0323. The van der Waals surface area contributed by atoms with Crippen molar-refractivity contribution >= 4 is 5.91 Å². The Labute approximate surface area is 121 Å². The van der Waals surface area contributed by atoms with E-state index in [0.717, 1.165) is 24.4 Å². The van der Waals surface area contributed by atoms with Crippen molar-refractivity contribution in [2.45, 2.75) is 34.1 Å². The maximum absolute atomic E-state index is 11.6. The van der Waals surface area contributed by atoms with Crippen LogP contribution in [0.25, 0.3) is 0 Å². The molecule has 0 saturated carbocycles. The maximum Gasteiger partial charge on any atom is 0.223 e. The number of ether oxygens (including phenoxy) is 1. The number of rotatable bonds is 8. The molecule has 112 valence electrons. The van der Waals surface area contributed by atoms with Gasteiger partial charge in [-0.05, 0) is 50.1 Å². The van der Waals surface area contributed by atoms with Crippen LogP contribution in [0.3, 0.4) is 0 Å². The lowest BCUT2D eigenvalue weighted by molar-refractivity contribution is -0.121. The Hall–Kier alpha value is -1.55. The van der Waals surface area contributed by atoms with Crippen LogP contribution in [0.15, 0.2) is 12.1 Å². The highest BCUT2D eigenvalue weighted by Gasteiger charge is 2.05. The summed E-state index contributed by atoms with van der Waals surface area (Å²) < 4.78 is 5.72. The van der Waals surface area contributed by atoms with Gasteiger partial charge in [-0.1, -0.05) is 13.0 Å². The highest BCUT2D eigenvalue weighted by molar-refractivity contribution is 5.75. The van der Waals surface area contributed by atoms with Gasteiger partial charge in [0, 0.05) is 13.1 Å². The first-order chi connectivity index (χ1) is 9.54. The van der Waals surface area contributed by atoms with Crippen molar-refractivity contribution in [3.63, 3.8) is 0 Å². The topological polar surface area (TPSA) is 50.4 Å². The van der Waals surface area contributed by atoms with E-state index in [1.807, 2.05) is 26.8 Å². The molecule has 0 saturated heterocycles. The number of carbonyl (C=O) groups is 1. The van der Waals surface area contributed by atoms with Gasteiger partial charge in [-0.25, -0.2) is 0 Å². The minimum Gasteiger partial charge on any atom is -0.493 e. The zero-order chi connectivity index (χ0) is 15.0. The van der Waals surface area contributed by atoms with Gasteiger partial charge in [-0.3, -0.25) is 4.79 Å². The third kappa shape index (κ3) is 5.61. The molecule has 0 aliphatic carbocycles. The second-order valence-electron chi connectivity index (χ2n) is 5.01. The first-order valence-electron chi connectivity index (χ1n) is 7.22. The molecule has 0 unspecified atom stereocenters. The number of amides is 1. The summed E-state index contributed by atoms with van der Waals surface area (Å²) in [5.41, 5.74) is 3.54. The normalized spacial score (nSPS) is 10.4. The first-order valence-corrected chi connectivity index (χ1v) is 7.22. The molecular formula is C16H26N2O2. The van der Waals surface area contributed by atoms with Crippen molar-refractivity contribution in [1.82, 2.24) is 10.6 Å². The van der Waals surface area contributed by atoms with Crippen LogP contribution in [0.4, 0.5) is 0 Å². The second kappa shape index (κ2) is 8.59. The van der Waals surface area contributed by atoms with Crippen LogP contribution < -0.4 is 15.4 Å². The van der Waals surface area contributed by atoms with Crippen molar-refractivity contribution in [2.75, 3.05) is 26.2 Å². The lowest BCUT2D eigenvalue weighted by Gasteiger charge is -2.12. The van der Waals surface area contributed by atoms with Crippen LogP contribution in [-0.2, 0) is 4.79 Å². The molecule has 4 heteroatoms. The highest BCUT2D eigenvalue weighted by Crippen LogP contribution is 2.23. The summed E-state index contributed by atoms with van der Waals surface area (Å²) in [5, 5.41) is 6.02. The molecule has 1 aromatic carbocycles. The largest absolute Gasteiger partial charge is 0.493 e. The summed E-state index contributed by atoms with van der Waals surface area (Å²) in [6.07, 6.45) is 0.387. The lowest BCUT2D eigenvalue weighted by atomic mass is 10.1. The van der Waals surface area contributed by atoms with E-state index in [1.165, 1.54) is 11.1 Å². The zero-order valence-electron chi connectivity index (χ0n) is 13.0. The molecular weight excluding hydrogens is 252 g/mol. The van der Waals surface area contributed by atoms with Crippen molar-refractivity contribution < 1.29 is 9.53 Å². The number of hydrogen-bond acceptors (Lipinski definition) is 3. The van der Waals surface area contributed by atoms with Gasteiger partial charge in [0.25, 0.3) is 0 Å². The zero-order valence-corrected chi connectivity index (χ0v) is 13.0. The molecule has 2 N–H and O–H groups in total. The van der Waals surface area contributed by atoms with Gasteiger partial charge in [0.2, 0.25) is 5.91 Å². The summed E-state index contributed by atoms with van der Waals surface area (Å²) in [6.45, 7) is 11.0. The summed E-state index contributed by atoms with van der Waals surface area (Å²) in [7, 11) is 0. The molecule has 0 spiro atoms. The third-order valence-electron chi connectivity index (χ3n) is 3.22. The van der Waals surface area contributed by atoms with Crippen molar-refractivity contribution in [2.24, 2.45) is 0 Å². The Kier molecular flexibility index (Phi) is 7.09. The molecule has 0 heterocycles. The Balaban J connectivity index is 2.32. The third-order valence-corrected chi connectivity index (χ3v) is 3.22. The van der Waals surface area contributed by atoms with Crippen LogP contribution in [0.2, 0.25) is 0 Å². The fraction of sp³-hybridized carbons (Fsp3) is 0.562. The van der Waals surface area contributed by atoms with E-state index in [0.29, 0.717) is 19.6 Å². The van der Waals surface area contributed by atoms with E-state index in [4.69, 9.17) is 4.74 Å². The van der Waals surface area contributed by atoms with E-state index >= 15 is 0 Å². The highest BCUT2D eigenvalue weighted by atomic mass is 16.5. The smallest absolute Gasteiger partial charge is 0.223 e. The number of aryl methyl sites for hydroxylation is 2. The number of nitrogens with one attached hydrogen (secondary N) is 2. The van der Waals surface area contributed by atoms with Crippen LogP contribution in [-0.4, -0.2) is 32.1 Å². The summed E-state index contributed by atoms with van der Waals surface area (Å²) >= 11 is 0. The Morgan fingerprint density at radius 2 is 1.95 bits per heavy atom. The molecule has 1 amide bonds. The van der Waals surface area contributed by atoms with Gasteiger partial charge in [-0.2, -0.15) is 0 Å². The molecule has 0 atom stereocenters. The molecule has 4 nitrogen and oxygen atoms in total. The molecule has 0 bridgehead atoms. The molecule has 20 heavy (non-hydrogen) atoms. The van der Waals surface area contributed by atoms with Crippen LogP contribution in [0.5, 0.6) is 5.75 Å². The molecule has 1 aromatic rings. The molecule has 0 fully saturated rings. The summed E-state index contributed by atoms with van der Waals surface area (Å²) in [4.78, 5) is 11.6. The summed E-state index contributed by atoms with van der Waals surface area (Å²) in [5.74, 6) is 0.910. The quantitative estimate of drug-likeness (QED) is 0.716. The Morgan fingerprint density at radius 1 is 1.20 bits per heavy atom. The SMILES string of the molecule is CCNCCNC(=O)CCOc1cc(C)cc(C)c1C. The van der Waals surface area contributed by atoms with E-state index < -0.39 is 0 Å². The number of hydrogen-bond donors (Lipinski definition) is 2. The van der Waals surface area contributed by atoms with Gasteiger partial charge < -0.3 is 15.4 Å². The van der Waals surface area contributed by atoms with Gasteiger partial charge in [0.1, 0.15) is 5.75 Å². The maximum atomic E-state index is 11.6. The molecule has 0 aromatic heterocycles. The van der Waals surface area contributed by atoms with Gasteiger partial charge in [-0.15, -0.1) is 0 Å². The minimum atomic E-state index is 0.0323. The monoisotopic (exact) mass is 278 g/mol. The van der Waals surface area contributed by atoms with Crippen molar-refractivity contribution in [3.05, 3.63) is 28.8 Å². The predicted molar refractivity (Wildman–Crippen MR) is 82.3 cm³/mol. The number of benzene rings is 1. The molecule has 0 radical (unpaired) electrons. The van der Waals surface area contributed by atoms with Crippen molar-refractivity contribution in [1.29, 1.82) is 0 Å². The molecule has 0 aliphatic heterocycles.